The van der Waals surface area contributed by atoms with Crippen LogP contribution >= 0.6 is 0 Å². The summed E-state index contributed by atoms with van der Waals surface area (Å²) in [5.74, 6) is 0. The van der Waals surface area contributed by atoms with Gasteiger partial charge in [-0.25, -0.2) is 0 Å². The van der Waals surface area contributed by atoms with E-state index < -0.39 is 0 Å². The Morgan fingerprint density at radius 2 is 2.00 bits per heavy atom. The van der Waals surface area contributed by atoms with Crippen molar-refractivity contribution in [2.75, 3.05) is 7.05 Å². The summed E-state index contributed by atoms with van der Waals surface area (Å²) in [6.45, 7) is 9.08. The third kappa shape index (κ3) is 4.36. The first-order chi connectivity index (χ1) is 6.79. The van der Waals surface area contributed by atoms with Gasteiger partial charge in [0.05, 0.1) is 0 Å². The minimum Gasteiger partial charge on any atom is -0.296 e. The van der Waals surface area contributed by atoms with Gasteiger partial charge in [0, 0.05) is 19.5 Å². The van der Waals surface area contributed by atoms with Crippen LogP contribution in [0.4, 0.5) is 0 Å². The molecule has 0 amide bonds. The maximum absolute atomic E-state index is 3.88. The van der Waals surface area contributed by atoms with Gasteiger partial charge in [0.2, 0.25) is 0 Å². The monoisotopic (exact) mass is 188 g/mol. The predicted octanol–water partition coefficient (Wildman–Crippen LogP) is 2.96. The molecule has 0 aliphatic heterocycles. The van der Waals surface area contributed by atoms with Crippen LogP contribution in [0.2, 0.25) is 0 Å². The average molecular weight is 188 g/mol. The van der Waals surface area contributed by atoms with Crippen molar-refractivity contribution in [1.82, 2.24) is 0 Å². The number of rotatable bonds is 5. The molecule has 0 rings (SSSR count). The Morgan fingerprint density at radius 1 is 1.29 bits per heavy atom. The smallest absolute Gasteiger partial charge is 0.0277 e. The quantitative estimate of drug-likeness (QED) is 0.468. The summed E-state index contributed by atoms with van der Waals surface area (Å²) >= 11 is 0. The molecule has 0 bridgehead atoms. The maximum atomic E-state index is 3.88. The van der Waals surface area contributed by atoms with Crippen LogP contribution in [0.1, 0.15) is 6.92 Å². The minimum absolute atomic E-state index is 1.01. The standard InChI is InChI=1S/C12H16N2/c1-5-11(7-9-13-3)12(6-2)8-10-14-4/h5-10H,1,4H2,2-3H3/b10-8-,11-7+,12-6+,13-9?. The van der Waals surface area contributed by atoms with Gasteiger partial charge in [0.1, 0.15) is 0 Å². The Morgan fingerprint density at radius 3 is 2.43 bits per heavy atom. The van der Waals surface area contributed by atoms with Gasteiger partial charge in [-0.05, 0) is 36.9 Å². The third-order valence-corrected chi connectivity index (χ3v) is 1.63. The molecule has 0 spiro atoms. The van der Waals surface area contributed by atoms with E-state index >= 15 is 0 Å². The van der Waals surface area contributed by atoms with Crippen LogP contribution in [-0.4, -0.2) is 20.0 Å². The van der Waals surface area contributed by atoms with Crippen LogP contribution in [0, 0.1) is 0 Å². The number of allylic oxidation sites excluding steroid dienone is 6. The van der Waals surface area contributed by atoms with Crippen molar-refractivity contribution in [1.29, 1.82) is 0 Å². The number of hydrogen-bond donors (Lipinski definition) is 0. The zero-order valence-electron chi connectivity index (χ0n) is 8.77. The third-order valence-electron chi connectivity index (χ3n) is 1.63. The van der Waals surface area contributed by atoms with E-state index in [1.807, 2.05) is 25.2 Å². The van der Waals surface area contributed by atoms with Gasteiger partial charge in [0.25, 0.3) is 0 Å². The Labute approximate surface area is 85.8 Å². The second kappa shape index (κ2) is 7.92. The number of aliphatic imine (C=N–C) groups is 2. The summed E-state index contributed by atoms with van der Waals surface area (Å²) < 4.78 is 0. The molecule has 0 aromatic rings. The van der Waals surface area contributed by atoms with Crippen LogP contribution < -0.4 is 0 Å². The number of nitrogens with zero attached hydrogens (tertiary/aromatic N) is 2. The Hall–Kier alpha value is -1.70. The van der Waals surface area contributed by atoms with E-state index in [4.69, 9.17) is 0 Å². The van der Waals surface area contributed by atoms with Gasteiger partial charge in [-0.3, -0.25) is 9.98 Å². The van der Waals surface area contributed by atoms with Crippen LogP contribution in [0.5, 0.6) is 0 Å². The molecule has 0 saturated heterocycles. The van der Waals surface area contributed by atoms with Crippen LogP contribution in [-0.2, 0) is 0 Å². The molecule has 0 radical (unpaired) electrons. The summed E-state index contributed by atoms with van der Waals surface area (Å²) in [5, 5.41) is 0. The Kier molecular flexibility index (Phi) is 6.96. The predicted molar refractivity (Wildman–Crippen MR) is 65.1 cm³/mol. The van der Waals surface area contributed by atoms with Gasteiger partial charge in [0.15, 0.2) is 0 Å². The lowest BCUT2D eigenvalue weighted by Gasteiger charge is -2.00. The van der Waals surface area contributed by atoms with Crippen molar-refractivity contribution in [3.05, 3.63) is 48.2 Å². The van der Waals surface area contributed by atoms with Crippen molar-refractivity contribution in [2.24, 2.45) is 9.98 Å². The highest BCUT2D eigenvalue weighted by Gasteiger charge is 1.94. The highest BCUT2D eigenvalue weighted by atomic mass is 14.6. The van der Waals surface area contributed by atoms with E-state index in [0.717, 1.165) is 11.1 Å². The first kappa shape index (κ1) is 12.3. The summed E-state index contributed by atoms with van der Waals surface area (Å²) in [7, 11) is 1.73. The fourth-order valence-electron chi connectivity index (χ4n) is 0.929. The SMILES string of the molecule is C=CC(=C\C=NC)/C(/C=C\N=C)=C/C. The molecule has 74 valence electrons. The molecule has 0 saturated carbocycles. The van der Waals surface area contributed by atoms with E-state index in [2.05, 4.69) is 23.3 Å². The number of hydrogen-bond acceptors (Lipinski definition) is 2. The molecule has 0 heterocycles. The van der Waals surface area contributed by atoms with Gasteiger partial charge >= 0.3 is 0 Å². The van der Waals surface area contributed by atoms with E-state index in [1.165, 1.54) is 0 Å². The van der Waals surface area contributed by atoms with E-state index in [-0.39, 0.29) is 0 Å². The van der Waals surface area contributed by atoms with E-state index in [1.54, 1.807) is 25.5 Å². The van der Waals surface area contributed by atoms with Crippen molar-refractivity contribution in [2.45, 2.75) is 6.92 Å². The second-order valence-electron chi connectivity index (χ2n) is 2.48. The molecule has 0 atom stereocenters. The summed E-state index contributed by atoms with van der Waals surface area (Å²) in [6.07, 6.45) is 10.9. The highest BCUT2D eigenvalue weighted by molar-refractivity contribution is 5.75. The summed E-state index contributed by atoms with van der Waals surface area (Å²) in [6, 6.07) is 0. The van der Waals surface area contributed by atoms with Crippen LogP contribution in [0.3, 0.4) is 0 Å². The summed E-state index contributed by atoms with van der Waals surface area (Å²) in [5.41, 5.74) is 2.06. The van der Waals surface area contributed by atoms with E-state index in [0.29, 0.717) is 0 Å². The van der Waals surface area contributed by atoms with Gasteiger partial charge < -0.3 is 0 Å². The molecule has 2 heteroatoms. The molecule has 14 heavy (non-hydrogen) atoms. The molecular weight excluding hydrogens is 172 g/mol. The molecule has 0 aromatic carbocycles. The summed E-state index contributed by atoms with van der Waals surface area (Å²) in [4.78, 5) is 7.54. The zero-order chi connectivity index (χ0) is 10.8. The Bertz CT molecular complexity index is 304. The van der Waals surface area contributed by atoms with Crippen molar-refractivity contribution >= 4 is 12.9 Å². The molecule has 0 N–H and O–H groups in total. The zero-order valence-corrected chi connectivity index (χ0v) is 8.77. The van der Waals surface area contributed by atoms with Crippen molar-refractivity contribution in [3.63, 3.8) is 0 Å². The first-order valence-corrected chi connectivity index (χ1v) is 4.34. The fraction of sp³-hybridized carbons (Fsp3) is 0.167. The van der Waals surface area contributed by atoms with Gasteiger partial charge in [-0.1, -0.05) is 18.7 Å². The molecule has 0 unspecified atom stereocenters. The Balaban J connectivity index is 4.89. The topological polar surface area (TPSA) is 24.7 Å². The molecule has 0 aliphatic carbocycles. The van der Waals surface area contributed by atoms with E-state index in [9.17, 15) is 0 Å². The fourth-order valence-corrected chi connectivity index (χ4v) is 0.929. The van der Waals surface area contributed by atoms with Crippen LogP contribution in [0.15, 0.2) is 58.2 Å². The molecular formula is C12H16N2. The largest absolute Gasteiger partial charge is 0.296 e. The molecule has 0 aromatic heterocycles. The first-order valence-electron chi connectivity index (χ1n) is 4.34. The maximum Gasteiger partial charge on any atom is 0.0277 e. The van der Waals surface area contributed by atoms with Gasteiger partial charge in [-0.2, -0.15) is 0 Å². The molecule has 2 nitrogen and oxygen atoms in total. The molecule has 0 fully saturated rings. The normalized spacial score (nSPS) is 13.9. The average Bonchev–Trinajstić information content (AvgIpc) is 2.23. The highest BCUT2D eigenvalue weighted by Crippen LogP contribution is 2.11. The van der Waals surface area contributed by atoms with Crippen molar-refractivity contribution < 1.29 is 0 Å². The van der Waals surface area contributed by atoms with Crippen molar-refractivity contribution in [3.8, 4) is 0 Å². The lowest BCUT2D eigenvalue weighted by molar-refractivity contribution is 1.45. The molecule has 0 aliphatic rings. The minimum atomic E-state index is 1.01. The second-order valence-corrected chi connectivity index (χ2v) is 2.48. The van der Waals surface area contributed by atoms with Gasteiger partial charge in [-0.15, -0.1) is 0 Å². The lowest BCUT2D eigenvalue weighted by Crippen LogP contribution is -1.83. The van der Waals surface area contributed by atoms with Crippen LogP contribution in [0.25, 0.3) is 0 Å². The lowest BCUT2D eigenvalue weighted by atomic mass is 10.1.